The van der Waals surface area contributed by atoms with Crippen LogP contribution in [0.3, 0.4) is 0 Å². The molecule has 2 aromatic carbocycles. The maximum Gasteiger partial charge on any atom is 0.410 e. The Morgan fingerprint density at radius 3 is 1.59 bits per heavy atom. The van der Waals surface area contributed by atoms with Crippen LogP contribution in [0.15, 0.2) is 76.5 Å². The van der Waals surface area contributed by atoms with Gasteiger partial charge in [0, 0.05) is 38.3 Å². The summed E-state index contributed by atoms with van der Waals surface area (Å²) in [6.45, 7) is 4.46. The molecule has 2 heterocycles. The molecule has 4 rings (SSSR count). The molecular formula is C31H38N6O10S2. The molecule has 264 valence electrons. The number of aromatic nitrogens is 1. The van der Waals surface area contributed by atoms with Gasteiger partial charge < -0.3 is 9.64 Å². The Hall–Kier alpha value is -4.52. The fourth-order valence-electron chi connectivity index (χ4n) is 5.22. The second kappa shape index (κ2) is 15.4. The summed E-state index contributed by atoms with van der Waals surface area (Å²) < 4.78 is 63.5. The minimum Gasteiger partial charge on any atom is -0.444 e. The largest absolute Gasteiger partial charge is 0.444 e. The van der Waals surface area contributed by atoms with Crippen LogP contribution in [-0.4, -0.2) is 83.0 Å². The Bertz CT molecular complexity index is 1920. The van der Waals surface area contributed by atoms with Crippen molar-refractivity contribution in [2.75, 3.05) is 26.2 Å². The number of amides is 1. The van der Waals surface area contributed by atoms with Gasteiger partial charge in [0.25, 0.3) is 11.4 Å². The first-order chi connectivity index (χ1) is 23.0. The van der Waals surface area contributed by atoms with Crippen LogP contribution in [0.25, 0.3) is 0 Å². The minimum absolute atomic E-state index is 0.0590. The first kappa shape index (κ1) is 37.3. The standard InChI is InChI=1S/C31H38N6O10S2/c1-31(2,3)47-30(38)33-18-8-9-20-34(48(43,44)28-16-6-4-14-26(28)36(39)40)22-24-12-10-13-25(32-24)23-35(21-11-19-33)49(45,46)29-17-7-5-15-27(29)37(41)42/h4-7,10,12-17H,8-9,11,18-23H2,1-3H3. The molecule has 0 radical (unpaired) electrons. The second-order valence-corrected chi connectivity index (χ2v) is 16.1. The van der Waals surface area contributed by atoms with Crippen LogP contribution in [0.4, 0.5) is 16.2 Å². The van der Waals surface area contributed by atoms with Crippen molar-refractivity contribution in [2.24, 2.45) is 0 Å². The molecule has 3 aromatic rings. The lowest BCUT2D eigenvalue weighted by Crippen LogP contribution is -2.40. The molecule has 0 N–H and O–H groups in total. The number of hydrogen-bond acceptors (Lipinski definition) is 11. The normalized spacial score (nSPS) is 16.3. The van der Waals surface area contributed by atoms with Crippen molar-refractivity contribution in [3.05, 3.63) is 98.3 Å². The van der Waals surface area contributed by atoms with E-state index >= 15 is 0 Å². The van der Waals surface area contributed by atoms with E-state index in [9.17, 15) is 41.9 Å². The Balaban J connectivity index is 1.78. The number of pyridine rings is 1. The van der Waals surface area contributed by atoms with Crippen LogP contribution in [0.1, 0.15) is 51.4 Å². The Morgan fingerprint density at radius 2 is 1.12 bits per heavy atom. The fraction of sp³-hybridized carbons (Fsp3) is 0.419. The number of benzene rings is 2. The summed E-state index contributed by atoms with van der Waals surface area (Å²) in [4.78, 5) is 40.1. The third kappa shape index (κ3) is 9.34. The minimum atomic E-state index is -4.48. The van der Waals surface area contributed by atoms with Crippen LogP contribution >= 0.6 is 0 Å². The highest BCUT2D eigenvalue weighted by molar-refractivity contribution is 7.89. The number of nitro benzene ring substituents is 2. The predicted octanol–water partition coefficient (Wildman–Crippen LogP) is 4.70. The predicted molar refractivity (Wildman–Crippen MR) is 177 cm³/mol. The van der Waals surface area contributed by atoms with Crippen LogP contribution < -0.4 is 0 Å². The lowest BCUT2D eigenvalue weighted by Gasteiger charge is -2.28. The number of carbonyl (C=O) groups is 1. The summed E-state index contributed by atoms with van der Waals surface area (Å²) in [6.07, 6.45) is 0.0598. The zero-order valence-corrected chi connectivity index (χ0v) is 28.9. The van der Waals surface area contributed by atoms with E-state index in [1.54, 1.807) is 32.9 Å². The van der Waals surface area contributed by atoms with Gasteiger partial charge in [0.1, 0.15) is 5.60 Å². The molecule has 16 nitrogen and oxygen atoms in total. The number of ether oxygens (including phenoxy) is 1. The van der Waals surface area contributed by atoms with Crippen molar-refractivity contribution in [3.63, 3.8) is 0 Å². The van der Waals surface area contributed by atoms with Gasteiger partial charge in [-0.3, -0.25) is 25.2 Å². The molecular weight excluding hydrogens is 681 g/mol. The zero-order valence-electron chi connectivity index (χ0n) is 27.3. The highest BCUT2D eigenvalue weighted by atomic mass is 32.2. The second-order valence-electron chi connectivity index (χ2n) is 12.3. The van der Waals surface area contributed by atoms with E-state index < -0.39 is 62.8 Å². The van der Waals surface area contributed by atoms with Gasteiger partial charge in [-0.25, -0.2) is 21.6 Å². The average Bonchev–Trinajstić information content (AvgIpc) is 3.04. The molecule has 0 saturated heterocycles. The topological polar surface area (TPSA) is 203 Å². The Labute approximate surface area is 284 Å². The summed E-state index contributed by atoms with van der Waals surface area (Å²) in [7, 11) is -8.92. The van der Waals surface area contributed by atoms with E-state index in [1.165, 1.54) is 35.2 Å². The van der Waals surface area contributed by atoms with Gasteiger partial charge in [-0.05, 0) is 64.3 Å². The maximum atomic E-state index is 14.0. The van der Waals surface area contributed by atoms with Crippen molar-refractivity contribution in [1.82, 2.24) is 18.5 Å². The van der Waals surface area contributed by atoms with Gasteiger partial charge >= 0.3 is 6.09 Å². The first-order valence-corrected chi connectivity index (χ1v) is 18.3. The molecule has 49 heavy (non-hydrogen) atoms. The van der Waals surface area contributed by atoms with Gasteiger partial charge in [0.15, 0.2) is 9.79 Å². The third-order valence-electron chi connectivity index (χ3n) is 7.47. The molecule has 1 amide bonds. The quantitative estimate of drug-likeness (QED) is 0.252. The molecule has 1 aliphatic rings. The smallest absolute Gasteiger partial charge is 0.410 e. The number of para-hydroxylation sites is 2. The summed E-state index contributed by atoms with van der Waals surface area (Å²) in [5, 5.41) is 23.5. The van der Waals surface area contributed by atoms with E-state index in [4.69, 9.17) is 4.74 Å². The number of rotatable bonds is 6. The molecule has 0 fully saturated rings. The van der Waals surface area contributed by atoms with Crippen LogP contribution in [0.5, 0.6) is 0 Å². The van der Waals surface area contributed by atoms with Crippen molar-refractivity contribution in [1.29, 1.82) is 0 Å². The number of carbonyl (C=O) groups excluding carboxylic acids is 1. The monoisotopic (exact) mass is 718 g/mol. The van der Waals surface area contributed by atoms with Gasteiger partial charge in [-0.2, -0.15) is 8.61 Å². The van der Waals surface area contributed by atoms with Gasteiger partial charge in [0.05, 0.1) is 34.3 Å². The van der Waals surface area contributed by atoms with Crippen molar-refractivity contribution in [3.8, 4) is 0 Å². The van der Waals surface area contributed by atoms with Crippen LogP contribution in [0.2, 0.25) is 0 Å². The van der Waals surface area contributed by atoms with Gasteiger partial charge in [-0.1, -0.05) is 30.3 Å². The third-order valence-corrected chi connectivity index (χ3v) is 11.3. The highest BCUT2D eigenvalue weighted by Crippen LogP contribution is 2.29. The molecule has 2 bridgehead atoms. The molecule has 0 aliphatic carbocycles. The molecule has 1 aliphatic heterocycles. The molecule has 0 saturated carbocycles. The van der Waals surface area contributed by atoms with Gasteiger partial charge in [0.2, 0.25) is 20.0 Å². The Morgan fingerprint density at radius 1 is 0.694 bits per heavy atom. The molecule has 0 spiro atoms. The van der Waals surface area contributed by atoms with E-state index in [0.29, 0.717) is 6.42 Å². The molecule has 0 atom stereocenters. The lowest BCUT2D eigenvalue weighted by atomic mass is 10.2. The number of nitro groups is 2. The van der Waals surface area contributed by atoms with E-state index in [2.05, 4.69) is 4.98 Å². The first-order valence-electron chi connectivity index (χ1n) is 15.4. The molecule has 0 unspecified atom stereocenters. The fourth-order valence-corrected chi connectivity index (χ4v) is 8.43. The van der Waals surface area contributed by atoms with E-state index in [0.717, 1.165) is 32.9 Å². The summed E-state index contributed by atoms with van der Waals surface area (Å²) in [5.41, 5.74) is -1.56. The summed E-state index contributed by atoms with van der Waals surface area (Å²) in [5.74, 6) is 0. The number of nitrogens with zero attached hydrogens (tertiary/aromatic N) is 6. The number of hydrogen-bond donors (Lipinski definition) is 0. The molecule has 18 heteroatoms. The highest BCUT2D eigenvalue weighted by Gasteiger charge is 2.34. The van der Waals surface area contributed by atoms with Crippen molar-refractivity contribution in [2.45, 2.75) is 68.5 Å². The van der Waals surface area contributed by atoms with E-state index in [-0.39, 0.29) is 63.5 Å². The van der Waals surface area contributed by atoms with Gasteiger partial charge in [-0.15, -0.1) is 0 Å². The average molecular weight is 719 g/mol. The number of fused-ring (bicyclic) bond motifs is 2. The van der Waals surface area contributed by atoms with Crippen molar-refractivity contribution >= 4 is 37.5 Å². The lowest BCUT2D eigenvalue weighted by molar-refractivity contribution is -0.388. The summed E-state index contributed by atoms with van der Waals surface area (Å²) >= 11 is 0. The molecule has 1 aromatic heterocycles. The zero-order chi connectivity index (χ0) is 36.0. The SMILES string of the molecule is CC(C)(C)OC(=O)N1CCCCN(S(=O)(=O)c2ccccc2[N+](=O)[O-])Cc2cccc(n2)CN(S(=O)(=O)c2ccccc2[N+](=O)[O-])CCC1. The van der Waals surface area contributed by atoms with Crippen LogP contribution in [-0.2, 0) is 37.9 Å². The van der Waals surface area contributed by atoms with E-state index in [1.807, 2.05) is 0 Å². The summed E-state index contributed by atoms with van der Waals surface area (Å²) in [6, 6.07) is 14.6. The number of sulfonamides is 2. The maximum absolute atomic E-state index is 14.0. The Kier molecular flexibility index (Phi) is 11.7. The van der Waals surface area contributed by atoms with Crippen LogP contribution in [0, 0.1) is 20.2 Å². The van der Waals surface area contributed by atoms with Crippen molar-refractivity contribution < 1.29 is 36.2 Å².